The van der Waals surface area contributed by atoms with Gasteiger partial charge in [0.2, 0.25) is 5.91 Å². The zero-order valence-electron chi connectivity index (χ0n) is 10.6. The highest BCUT2D eigenvalue weighted by molar-refractivity contribution is 7.99. The molecule has 0 aliphatic carbocycles. The zero-order chi connectivity index (χ0) is 13.0. The Morgan fingerprint density at radius 1 is 1.25 bits per heavy atom. The van der Waals surface area contributed by atoms with Crippen molar-refractivity contribution in [3.63, 3.8) is 0 Å². The van der Waals surface area contributed by atoms with Crippen LogP contribution in [0, 0.1) is 5.41 Å². The maximum atomic E-state index is 11.5. The molecule has 16 heavy (non-hydrogen) atoms. The summed E-state index contributed by atoms with van der Waals surface area (Å²) in [7, 11) is 0. The van der Waals surface area contributed by atoms with Gasteiger partial charge in [-0.3, -0.25) is 9.59 Å². The summed E-state index contributed by atoms with van der Waals surface area (Å²) in [5.74, 6) is -1.17. The summed E-state index contributed by atoms with van der Waals surface area (Å²) in [5.41, 5.74) is -1.01. The van der Waals surface area contributed by atoms with Gasteiger partial charge in [0, 0.05) is 17.7 Å². The molecule has 0 fully saturated rings. The van der Waals surface area contributed by atoms with E-state index in [9.17, 15) is 9.59 Å². The van der Waals surface area contributed by atoms with Gasteiger partial charge >= 0.3 is 5.97 Å². The van der Waals surface area contributed by atoms with E-state index in [0.29, 0.717) is 6.54 Å². The van der Waals surface area contributed by atoms with Crippen molar-refractivity contribution >= 4 is 23.6 Å². The number of hydrogen-bond donors (Lipinski definition) is 2. The highest BCUT2D eigenvalue weighted by Gasteiger charge is 2.30. The number of carboxylic acid groups (broad SMARTS) is 1. The van der Waals surface area contributed by atoms with E-state index in [1.807, 2.05) is 20.1 Å². The van der Waals surface area contributed by atoms with Gasteiger partial charge in [-0.2, -0.15) is 11.8 Å². The van der Waals surface area contributed by atoms with Crippen LogP contribution in [0.3, 0.4) is 0 Å². The van der Waals surface area contributed by atoms with Crippen molar-refractivity contribution in [3.8, 4) is 0 Å². The predicted octanol–water partition coefficient (Wildman–Crippen LogP) is 1.75. The van der Waals surface area contributed by atoms with Gasteiger partial charge in [-0.25, -0.2) is 0 Å². The molecule has 4 nitrogen and oxygen atoms in total. The summed E-state index contributed by atoms with van der Waals surface area (Å²) in [6.07, 6.45) is 1.99. The summed E-state index contributed by atoms with van der Waals surface area (Å²) in [5, 5.41) is 11.6. The first-order valence-corrected chi connectivity index (χ1v) is 6.38. The normalized spacial score (nSPS) is 12.3. The second kappa shape index (κ2) is 5.57. The number of nitrogens with one attached hydrogen (secondary N) is 1. The maximum absolute atomic E-state index is 11.5. The molecule has 0 aromatic carbocycles. The van der Waals surface area contributed by atoms with Gasteiger partial charge in [-0.15, -0.1) is 0 Å². The summed E-state index contributed by atoms with van der Waals surface area (Å²) in [6.45, 7) is 7.70. The fourth-order valence-corrected chi connectivity index (χ4v) is 1.14. The van der Waals surface area contributed by atoms with Crippen molar-refractivity contribution in [2.24, 2.45) is 5.41 Å². The molecule has 0 saturated heterocycles. The lowest BCUT2D eigenvalue weighted by Gasteiger charge is -2.24. The molecule has 0 atom stereocenters. The fraction of sp³-hybridized carbons (Fsp3) is 0.818. The molecule has 0 aromatic rings. The molecule has 1 amide bonds. The predicted molar refractivity (Wildman–Crippen MR) is 66.6 cm³/mol. The summed E-state index contributed by atoms with van der Waals surface area (Å²) in [6, 6.07) is 0. The maximum Gasteiger partial charge on any atom is 0.309 e. The van der Waals surface area contributed by atoms with Gasteiger partial charge in [0.25, 0.3) is 0 Å². The second-order valence-electron chi connectivity index (χ2n) is 5.11. The SMILES string of the molecule is CSC(C)(C)CNC(=O)CC(C)(C)C(=O)O. The molecule has 0 aromatic heterocycles. The number of rotatable bonds is 6. The van der Waals surface area contributed by atoms with Crippen LogP contribution in [0.2, 0.25) is 0 Å². The van der Waals surface area contributed by atoms with Crippen molar-refractivity contribution in [1.82, 2.24) is 5.32 Å². The van der Waals surface area contributed by atoms with Crippen molar-refractivity contribution in [2.45, 2.75) is 38.9 Å². The topological polar surface area (TPSA) is 66.4 Å². The first-order valence-electron chi connectivity index (χ1n) is 5.16. The Morgan fingerprint density at radius 3 is 2.12 bits per heavy atom. The van der Waals surface area contributed by atoms with Gasteiger partial charge in [0.05, 0.1) is 5.41 Å². The van der Waals surface area contributed by atoms with E-state index in [0.717, 1.165) is 0 Å². The van der Waals surface area contributed by atoms with Crippen LogP contribution in [0.25, 0.3) is 0 Å². The molecular weight excluding hydrogens is 226 g/mol. The van der Waals surface area contributed by atoms with Crippen LogP contribution in [0.4, 0.5) is 0 Å². The lowest BCUT2D eigenvalue weighted by Crippen LogP contribution is -2.39. The third kappa shape index (κ3) is 5.39. The average molecular weight is 247 g/mol. The van der Waals surface area contributed by atoms with Gasteiger partial charge in [-0.05, 0) is 34.0 Å². The average Bonchev–Trinajstić information content (AvgIpc) is 2.14. The Balaban J connectivity index is 4.16. The molecule has 0 aliphatic heterocycles. The highest BCUT2D eigenvalue weighted by atomic mass is 32.2. The zero-order valence-corrected chi connectivity index (χ0v) is 11.4. The molecule has 0 rings (SSSR count). The molecule has 0 heterocycles. The molecule has 0 unspecified atom stereocenters. The number of aliphatic carboxylic acids is 1. The lowest BCUT2D eigenvalue weighted by molar-refractivity contribution is -0.149. The van der Waals surface area contributed by atoms with Crippen molar-refractivity contribution in [1.29, 1.82) is 0 Å². The van der Waals surface area contributed by atoms with Crippen LogP contribution in [-0.2, 0) is 9.59 Å². The van der Waals surface area contributed by atoms with Gasteiger partial charge in [-0.1, -0.05) is 0 Å². The van der Waals surface area contributed by atoms with Crippen LogP contribution < -0.4 is 5.32 Å². The van der Waals surface area contributed by atoms with Gasteiger partial charge in [0.15, 0.2) is 0 Å². The highest BCUT2D eigenvalue weighted by Crippen LogP contribution is 2.22. The quantitative estimate of drug-likeness (QED) is 0.750. The largest absolute Gasteiger partial charge is 0.481 e. The van der Waals surface area contributed by atoms with Crippen LogP contribution in [0.15, 0.2) is 0 Å². The summed E-state index contributed by atoms with van der Waals surface area (Å²) < 4.78 is -0.0248. The van der Waals surface area contributed by atoms with E-state index in [1.54, 1.807) is 25.6 Å². The molecular formula is C11H21NO3S. The first-order chi connectivity index (χ1) is 7.10. The number of carboxylic acids is 1. The molecule has 0 spiro atoms. The van der Waals surface area contributed by atoms with E-state index >= 15 is 0 Å². The van der Waals surface area contributed by atoms with E-state index < -0.39 is 11.4 Å². The Kier molecular flexibility index (Phi) is 5.32. The first kappa shape index (κ1) is 15.3. The van der Waals surface area contributed by atoms with Crippen LogP contribution >= 0.6 is 11.8 Å². The van der Waals surface area contributed by atoms with E-state index in [2.05, 4.69) is 5.32 Å². The molecule has 0 bridgehead atoms. The second-order valence-corrected chi connectivity index (χ2v) is 6.62. The van der Waals surface area contributed by atoms with Crippen molar-refractivity contribution in [3.05, 3.63) is 0 Å². The molecule has 5 heteroatoms. The third-order valence-corrected chi connectivity index (χ3v) is 3.69. The molecule has 0 radical (unpaired) electrons. The lowest BCUT2D eigenvalue weighted by atomic mass is 9.89. The number of amides is 1. The van der Waals surface area contributed by atoms with E-state index in [4.69, 9.17) is 5.11 Å². The number of carbonyl (C=O) groups excluding carboxylic acids is 1. The fourth-order valence-electron chi connectivity index (χ4n) is 0.923. The van der Waals surface area contributed by atoms with Crippen molar-refractivity contribution < 1.29 is 14.7 Å². The van der Waals surface area contributed by atoms with E-state index in [-0.39, 0.29) is 17.1 Å². The molecule has 0 aliphatic rings. The molecule has 2 N–H and O–H groups in total. The Morgan fingerprint density at radius 2 is 1.75 bits per heavy atom. The Hall–Kier alpha value is -0.710. The number of carbonyl (C=O) groups is 2. The smallest absolute Gasteiger partial charge is 0.309 e. The van der Waals surface area contributed by atoms with Gasteiger partial charge in [0.1, 0.15) is 0 Å². The molecule has 0 saturated carbocycles. The standard InChI is InChI=1S/C11H21NO3S/c1-10(2,9(14)15)6-8(13)12-7-11(3,4)16-5/h6-7H2,1-5H3,(H,12,13)(H,14,15). The monoisotopic (exact) mass is 247 g/mol. The van der Waals surface area contributed by atoms with Gasteiger partial charge < -0.3 is 10.4 Å². The van der Waals surface area contributed by atoms with Crippen molar-refractivity contribution in [2.75, 3.05) is 12.8 Å². The minimum Gasteiger partial charge on any atom is -0.481 e. The van der Waals surface area contributed by atoms with Crippen LogP contribution in [0.5, 0.6) is 0 Å². The Bertz CT molecular complexity index is 274. The van der Waals surface area contributed by atoms with Crippen LogP contribution in [-0.4, -0.2) is 34.5 Å². The minimum absolute atomic E-state index is 0.00674. The minimum atomic E-state index is -1.01. The summed E-state index contributed by atoms with van der Waals surface area (Å²) in [4.78, 5) is 22.4. The molecule has 94 valence electrons. The Labute approximate surface area is 101 Å². The summed E-state index contributed by atoms with van der Waals surface area (Å²) >= 11 is 1.66. The van der Waals surface area contributed by atoms with Crippen LogP contribution in [0.1, 0.15) is 34.1 Å². The van der Waals surface area contributed by atoms with E-state index in [1.165, 1.54) is 0 Å². The number of hydrogen-bond acceptors (Lipinski definition) is 3. The third-order valence-electron chi connectivity index (χ3n) is 2.45. The number of thioether (sulfide) groups is 1.